The molecule has 0 radical (unpaired) electrons. The summed E-state index contributed by atoms with van der Waals surface area (Å²) in [5.41, 5.74) is 0. The summed E-state index contributed by atoms with van der Waals surface area (Å²) in [6, 6.07) is 6.92. The molecule has 116 valence electrons. The maximum Gasteiger partial charge on any atom is 0.307 e. The highest BCUT2D eigenvalue weighted by atomic mass is 35.5. The maximum atomic E-state index is 11.8. The van der Waals surface area contributed by atoms with Crippen molar-refractivity contribution in [3.63, 3.8) is 0 Å². The fourth-order valence-corrected chi connectivity index (χ4v) is 1.72. The Labute approximate surface area is 129 Å². The zero-order chi connectivity index (χ0) is 15.8. The first-order valence-electron chi connectivity index (χ1n) is 6.78. The van der Waals surface area contributed by atoms with Gasteiger partial charge in [-0.2, -0.15) is 0 Å². The summed E-state index contributed by atoms with van der Waals surface area (Å²) in [6.07, 6.45) is -0.732. The number of hydrogen-bond donors (Lipinski definition) is 1. The van der Waals surface area contributed by atoms with Crippen LogP contribution in [0.1, 0.15) is 27.2 Å². The van der Waals surface area contributed by atoms with Crippen LogP contribution in [-0.2, 0) is 14.3 Å². The number of benzene rings is 1. The molecule has 21 heavy (non-hydrogen) atoms. The van der Waals surface area contributed by atoms with Crippen molar-refractivity contribution in [1.29, 1.82) is 0 Å². The number of amides is 1. The van der Waals surface area contributed by atoms with Gasteiger partial charge < -0.3 is 14.8 Å². The molecule has 0 saturated carbocycles. The molecule has 0 aliphatic rings. The Kier molecular flexibility index (Phi) is 7.02. The quantitative estimate of drug-likeness (QED) is 0.786. The zero-order valence-corrected chi connectivity index (χ0v) is 13.1. The summed E-state index contributed by atoms with van der Waals surface area (Å²) in [4.78, 5) is 23.1. The standard InChI is InChI=1S/C15H20ClNO4/c1-10(2)20-14(18)8-9-17-15(19)11(3)21-13-7-5-4-6-12(13)16/h4-7,10-11H,8-9H2,1-3H3,(H,17,19). The lowest BCUT2D eigenvalue weighted by Gasteiger charge is -2.15. The number of nitrogens with one attached hydrogen (secondary N) is 1. The molecular formula is C15H20ClNO4. The van der Waals surface area contributed by atoms with E-state index in [1.54, 1.807) is 45.0 Å². The molecule has 0 heterocycles. The van der Waals surface area contributed by atoms with E-state index in [-0.39, 0.29) is 30.9 Å². The van der Waals surface area contributed by atoms with E-state index in [2.05, 4.69) is 5.32 Å². The fourth-order valence-electron chi connectivity index (χ4n) is 1.54. The minimum absolute atomic E-state index is 0.128. The fraction of sp³-hybridized carbons (Fsp3) is 0.467. The van der Waals surface area contributed by atoms with Gasteiger partial charge in [0.15, 0.2) is 6.10 Å². The number of hydrogen-bond acceptors (Lipinski definition) is 4. The van der Waals surface area contributed by atoms with Crippen LogP contribution in [0.4, 0.5) is 0 Å². The maximum absolute atomic E-state index is 11.8. The summed E-state index contributed by atoms with van der Waals surface area (Å²) in [5, 5.41) is 3.06. The van der Waals surface area contributed by atoms with E-state index in [0.29, 0.717) is 10.8 Å². The highest BCUT2D eigenvalue weighted by Crippen LogP contribution is 2.24. The molecule has 0 spiro atoms. The predicted molar refractivity (Wildman–Crippen MR) is 80.4 cm³/mol. The van der Waals surface area contributed by atoms with Crippen LogP contribution in [-0.4, -0.2) is 30.6 Å². The molecule has 1 atom stereocenters. The van der Waals surface area contributed by atoms with Gasteiger partial charge in [0.05, 0.1) is 17.5 Å². The molecule has 0 aliphatic heterocycles. The van der Waals surface area contributed by atoms with E-state index >= 15 is 0 Å². The molecule has 6 heteroatoms. The summed E-state index contributed by atoms with van der Waals surface area (Å²) in [7, 11) is 0. The van der Waals surface area contributed by atoms with Crippen molar-refractivity contribution < 1.29 is 19.1 Å². The van der Waals surface area contributed by atoms with Crippen LogP contribution in [0.25, 0.3) is 0 Å². The van der Waals surface area contributed by atoms with Gasteiger partial charge in [0.2, 0.25) is 0 Å². The SMILES string of the molecule is CC(C)OC(=O)CCNC(=O)C(C)Oc1ccccc1Cl. The summed E-state index contributed by atoms with van der Waals surface area (Å²) in [6.45, 7) is 5.37. The molecule has 1 unspecified atom stereocenters. The van der Waals surface area contributed by atoms with E-state index in [1.165, 1.54) is 0 Å². The number of carbonyl (C=O) groups excluding carboxylic acids is 2. The average molecular weight is 314 g/mol. The molecule has 1 aromatic carbocycles. The number of para-hydroxylation sites is 1. The Balaban J connectivity index is 2.35. The van der Waals surface area contributed by atoms with E-state index in [0.717, 1.165) is 0 Å². The molecule has 0 fully saturated rings. The molecule has 0 saturated heterocycles. The molecule has 0 bridgehead atoms. The third-order valence-corrected chi connectivity index (χ3v) is 2.82. The summed E-state index contributed by atoms with van der Waals surface area (Å²) >= 11 is 5.95. The Bertz CT molecular complexity index is 490. The van der Waals surface area contributed by atoms with Crippen molar-refractivity contribution in [2.75, 3.05) is 6.54 Å². The smallest absolute Gasteiger partial charge is 0.307 e. The molecule has 0 aliphatic carbocycles. The van der Waals surface area contributed by atoms with Crippen molar-refractivity contribution >= 4 is 23.5 Å². The van der Waals surface area contributed by atoms with Gasteiger partial charge in [0, 0.05) is 6.54 Å². The first kappa shape index (κ1) is 17.3. The second kappa shape index (κ2) is 8.52. The Morgan fingerprint density at radius 2 is 1.90 bits per heavy atom. The van der Waals surface area contributed by atoms with E-state index in [9.17, 15) is 9.59 Å². The monoisotopic (exact) mass is 313 g/mol. The lowest BCUT2D eigenvalue weighted by molar-refractivity contribution is -0.147. The molecule has 5 nitrogen and oxygen atoms in total. The predicted octanol–water partition coefficient (Wildman–Crippen LogP) is 2.57. The van der Waals surface area contributed by atoms with Crippen LogP contribution in [0.5, 0.6) is 5.75 Å². The topological polar surface area (TPSA) is 64.6 Å². The van der Waals surface area contributed by atoms with E-state index in [4.69, 9.17) is 21.1 Å². The van der Waals surface area contributed by atoms with Crippen LogP contribution in [0.3, 0.4) is 0 Å². The number of rotatable bonds is 7. The average Bonchev–Trinajstić information content (AvgIpc) is 2.40. The van der Waals surface area contributed by atoms with Crippen LogP contribution in [0.2, 0.25) is 5.02 Å². The van der Waals surface area contributed by atoms with Gasteiger partial charge in [0.25, 0.3) is 5.91 Å². The lowest BCUT2D eigenvalue weighted by atomic mass is 10.3. The summed E-state index contributed by atoms with van der Waals surface area (Å²) in [5.74, 6) is -0.210. The Morgan fingerprint density at radius 3 is 2.52 bits per heavy atom. The molecule has 1 N–H and O–H groups in total. The van der Waals surface area contributed by atoms with Gasteiger partial charge in [-0.1, -0.05) is 23.7 Å². The van der Waals surface area contributed by atoms with Crippen molar-refractivity contribution in [3.05, 3.63) is 29.3 Å². The number of carbonyl (C=O) groups is 2. The van der Waals surface area contributed by atoms with Crippen LogP contribution in [0, 0.1) is 0 Å². The highest BCUT2D eigenvalue weighted by molar-refractivity contribution is 6.32. The van der Waals surface area contributed by atoms with Crippen molar-refractivity contribution in [2.45, 2.75) is 39.4 Å². The summed E-state index contributed by atoms with van der Waals surface area (Å²) < 4.78 is 10.4. The van der Waals surface area contributed by atoms with Crippen LogP contribution >= 0.6 is 11.6 Å². The van der Waals surface area contributed by atoms with Gasteiger partial charge in [-0.05, 0) is 32.9 Å². The Hall–Kier alpha value is -1.75. The third kappa shape index (κ3) is 6.49. The van der Waals surface area contributed by atoms with Crippen LogP contribution in [0.15, 0.2) is 24.3 Å². The van der Waals surface area contributed by atoms with Crippen molar-refractivity contribution in [3.8, 4) is 5.75 Å². The van der Waals surface area contributed by atoms with Gasteiger partial charge in [-0.15, -0.1) is 0 Å². The first-order chi connectivity index (χ1) is 9.90. The van der Waals surface area contributed by atoms with Crippen molar-refractivity contribution in [2.24, 2.45) is 0 Å². The molecule has 1 aromatic rings. The van der Waals surface area contributed by atoms with Crippen LogP contribution < -0.4 is 10.1 Å². The molecule has 1 rings (SSSR count). The number of halogens is 1. The normalized spacial score (nSPS) is 11.9. The second-order valence-electron chi connectivity index (χ2n) is 4.77. The van der Waals surface area contributed by atoms with Crippen molar-refractivity contribution in [1.82, 2.24) is 5.32 Å². The van der Waals surface area contributed by atoms with E-state index in [1.807, 2.05) is 0 Å². The number of esters is 1. The van der Waals surface area contributed by atoms with Gasteiger partial charge in [-0.3, -0.25) is 9.59 Å². The van der Waals surface area contributed by atoms with Gasteiger partial charge in [-0.25, -0.2) is 0 Å². The molecule has 1 amide bonds. The number of ether oxygens (including phenoxy) is 2. The largest absolute Gasteiger partial charge is 0.479 e. The minimum atomic E-state index is -0.703. The van der Waals surface area contributed by atoms with Gasteiger partial charge >= 0.3 is 5.97 Å². The Morgan fingerprint density at radius 1 is 1.24 bits per heavy atom. The third-order valence-electron chi connectivity index (χ3n) is 2.51. The first-order valence-corrected chi connectivity index (χ1v) is 7.16. The molecule has 0 aromatic heterocycles. The minimum Gasteiger partial charge on any atom is -0.479 e. The highest BCUT2D eigenvalue weighted by Gasteiger charge is 2.16. The molecular weight excluding hydrogens is 294 g/mol. The van der Waals surface area contributed by atoms with Gasteiger partial charge in [0.1, 0.15) is 5.75 Å². The second-order valence-corrected chi connectivity index (χ2v) is 5.18. The zero-order valence-electron chi connectivity index (χ0n) is 12.4. The van der Waals surface area contributed by atoms with E-state index < -0.39 is 6.10 Å². The lowest BCUT2D eigenvalue weighted by Crippen LogP contribution is -2.37.